The maximum absolute atomic E-state index is 10.9. The number of hydrogen-bond donors (Lipinski definition) is 1. The van der Waals surface area contributed by atoms with Crippen LogP contribution in [0.1, 0.15) is 5.56 Å². The molecule has 0 aromatic heterocycles. The van der Waals surface area contributed by atoms with Crippen molar-refractivity contribution in [2.45, 2.75) is 5.25 Å². The van der Waals surface area contributed by atoms with Crippen LogP contribution in [-0.4, -0.2) is 34.0 Å². The van der Waals surface area contributed by atoms with E-state index in [1.807, 2.05) is 29.6 Å². The number of rotatable bonds is 4. The lowest BCUT2D eigenvalue weighted by Gasteiger charge is -2.21. The Labute approximate surface area is 119 Å². The van der Waals surface area contributed by atoms with Gasteiger partial charge in [0.05, 0.1) is 4.92 Å². The molecule has 1 heterocycles. The van der Waals surface area contributed by atoms with Crippen LogP contribution in [0.4, 0.5) is 11.4 Å². The topological polar surface area (TPSA) is 79.0 Å². The van der Waals surface area contributed by atoms with Gasteiger partial charge in [-0.1, -0.05) is 0 Å². The fraction of sp³-hybridized carbons (Fsp3) is 0.417. The van der Waals surface area contributed by atoms with Gasteiger partial charge in [-0.2, -0.15) is 28.8 Å². The highest BCUT2D eigenvalue weighted by atomic mass is 32.2. The van der Waals surface area contributed by atoms with Crippen molar-refractivity contribution in [2.75, 3.05) is 29.1 Å². The van der Waals surface area contributed by atoms with Crippen LogP contribution in [0.2, 0.25) is 0 Å². The van der Waals surface area contributed by atoms with Crippen molar-refractivity contribution < 1.29 is 4.92 Å². The van der Waals surface area contributed by atoms with E-state index in [9.17, 15) is 10.1 Å². The molecule has 1 atom stereocenters. The summed E-state index contributed by atoms with van der Waals surface area (Å²) in [7, 11) is 0. The molecule has 100 valence electrons. The largest absolute Gasteiger partial charge is 0.384 e. The van der Waals surface area contributed by atoms with Crippen LogP contribution >= 0.6 is 23.5 Å². The van der Waals surface area contributed by atoms with Crippen molar-refractivity contribution in [1.82, 2.24) is 0 Å². The number of thioether (sulfide) groups is 2. The van der Waals surface area contributed by atoms with Crippen LogP contribution < -0.4 is 5.32 Å². The minimum Gasteiger partial charge on any atom is -0.384 e. The zero-order chi connectivity index (χ0) is 13.7. The Bertz CT molecular complexity index is 510. The van der Waals surface area contributed by atoms with Gasteiger partial charge in [-0.05, 0) is 12.1 Å². The van der Waals surface area contributed by atoms with E-state index in [0.717, 1.165) is 18.1 Å². The molecule has 1 aromatic rings. The maximum atomic E-state index is 10.9. The van der Waals surface area contributed by atoms with Crippen LogP contribution in [0.15, 0.2) is 18.2 Å². The Morgan fingerprint density at radius 3 is 3.00 bits per heavy atom. The number of nitrogens with zero attached hydrogens (tertiary/aromatic N) is 2. The van der Waals surface area contributed by atoms with Gasteiger partial charge in [-0.15, -0.1) is 0 Å². The van der Waals surface area contributed by atoms with Gasteiger partial charge in [0.25, 0.3) is 5.69 Å². The van der Waals surface area contributed by atoms with E-state index in [1.54, 1.807) is 6.07 Å². The van der Waals surface area contributed by atoms with Gasteiger partial charge in [-0.25, -0.2) is 0 Å². The summed E-state index contributed by atoms with van der Waals surface area (Å²) in [5.74, 6) is 3.46. The average molecular weight is 295 g/mol. The van der Waals surface area contributed by atoms with Gasteiger partial charge < -0.3 is 5.32 Å². The number of nitro benzene ring substituents is 1. The Balaban J connectivity index is 2.02. The molecule has 5 nitrogen and oxygen atoms in total. The van der Waals surface area contributed by atoms with E-state index in [4.69, 9.17) is 5.26 Å². The number of hydrogen-bond acceptors (Lipinski definition) is 6. The Morgan fingerprint density at radius 2 is 2.37 bits per heavy atom. The molecule has 0 spiro atoms. The summed E-state index contributed by atoms with van der Waals surface area (Å²) in [6.07, 6.45) is 0. The third-order valence-corrected chi connectivity index (χ3v) is 5.58. The summed E-state index contributed by atoms with van der Waals surface area (Å²) in [5, 5.41) is 23.4. The van der Waals surface area contributed by atoms with Crippen LogP contribution in [-0.2, 0) is 0 Å². The predicted molar refractivity (Wildman–Crippen MR) is 79.9 cm³/mol. The highest BCUT2D eigenvalue weighted by Gasteiger charge is 2.16. The molecule has 1 fully saturated rings. The van der Waals surface area contributed by atoms with Crippen molar-refractivity contribution in [1.29, 1.82) is 5.26 Å². The number of nitriles is 1. The van der Waals surface area contributed by atoms with Gasteiger partial charge in [0.15, 0.2) is 0 Å². The van der Waals surface area contributed by atoms with Gasteiger partial charge in [0.2, 0.25) is 0 Å². The van der Waals surface area contributed by atoms with Crippen molar-refractivity contribution in [2.24, 2.45) is 0 Å². The van der Waals surface area contributed by atoms with E-state index < -0.39 is 4.92 Å². The fourth-order valence-electron chi connectivity index (χ4n) is 1.77. The van der Waals surface area contributed by atoms with Gasteiger partial charge in [-0.3, -0.25) is 10.1 Å². The second kappa shape index (κ2) is 6.68. The van der Waals surface area contributed by atoms with Crippen molar-refractivity contribution in [3.05, 3.63) is 33.9 Å². The number of nitrogens with one attached hydrogen (secondary N) is 1. The monoisotopic (exact) mass is 295 g/mol. The Morgan fingerprint density at radius 1 is 1.53 bits per heavy atom. The van der Waals surface area contributed by atoms with Crippen molar-refractivity contribution >= 4 is 34.9 Å². The zero-order valence-corrected chi connectivity index (χ0v) is 11.8. The molecular weight excluding hydrogens is 282 g/mol. The first-order valence-corrected chi connectivity index (χ1v) is 8.03. The SMILES string of the molecule is N#Cc1ccc(NCC2CSCCS2)cc1[N+](=O)[O-]. The molecule has 1 saturated heterocycles. The van der Waals surface area contributed by atoms with Gasteiger partial charge in [0, 0.05) is 40.8 Å². The number of benzene rings is 1. The molecule has 0 bridgehead atoms. The molecule has 0 amide bonds. The maximum Gasteiger partial charge on any atom is 0.289 e. The standard InChI is InChI=1S/C12H13N3O2S2/c13-6-9-1-2-10(5-12(9)15(16)17)14-7-11-8-18-3-4-19-11/h1-2,5,11,14H,3-4,7-8H2. The quantitative estimate of drug-likeness (QED) is 0.679. The van der Waals surface area contributed by atoms with Crippen LogP contribution in [0.5, 0.6) is 0 Å². The summed E-state index contributed by atoms with van der Waals surface area (Å²) in [6, 6.07) is 6.47. The minimum atomic E-state index is -0.519. The molecular formula is C12H13N3O2S2. The molecule has 0 radical (unpaired) electrons. The van der Waals surface area contributed by atoms with Gasteiger partial charge in [0.1, 0.15) is 11.6 Å². The molecule has 1 unspecified atom stereocenters. The van der Waals surface area contributed by atoms with Crippen LogP contribution in [0.25, 0.3) is 0 Å². The third kappa shape index (κ3) is 3.78. The van der Waals surface area contributed by atoms with E-state index >= 15 is 0 Å². The first kappa shape index (κ1) is 14.0. The first-order chi connectivity index (χ1) is 9.20. The number of anilines is 1. The fourth-order valence-corrected chi connectivity index (χ4v) is 4.39. The lowest BCUT2D eigenvalue weighted by atomic mass is 10.2. The normalized spacial score (nSPS) is 18.6. The second-order valence-electron chi connectivity index (χ2n) is 4.05. The smallest absolute Gasteiger partial charge is 0.289 e. The summed E-state index contributed by atoms with van der Waals surface area (Å²) >= 11 is 3.87. The van der Waals surface area contributed by atoms with Crippen molar-refractivity contribution in [3.8, 4) is 6.07 Å². The minimum absolute atomic E-state index is 0.0955. The predicted octanol–water partition coefficient (Wildman–Crippen LogP) is 2.73. The molecule has 0 aliphatic carbocycles. The lowest BCUT2D eigenvalue weighted by Crippen LogP contribution is -2.23. The zero-order valence-electron chi connectivity index (χ0n) is 10.2. The van der Waals surface area contributed by atoms with E-state index in [1.165, 1.54) is 17.9 Å². The Kier molecular flexibility index (Phi) is 4.93. The van der Waals surface area contributed by atoms with Crippen molar-refractivity contribution in [3.63, 3.8) is 0 Å². The lowest BCUT2D eigenvalue weighted by molar-refractivity contribution is -0.385. The molecule has 7 heteroatoms. The van der Waals surface area contributed by atoms with Crippen LogP contribution in [0, 0.1) is 21.4 Å². The highest BCUT2D eigenvalue weighted by Crippen LogP contribution is 2.26. The first-order valence-electron chi connectivity index (χ1n) is 5.82. The molecule has 1 aliphatic rings. The molecule has 2 rings (SSSR count). The summed E-state index contributed by atoms with van der Waals surface area (Å²) < 4.78 is 0. The second-order valence-corrected chi connectivity index (χ2v) is 6.61. The van der Waals surface area contributed by atoms with Crippen LogP contribution in [0.3, 0.4) is 0 Å². The Hall–Kier alpha value is -1.39. The molecule has 1 aromatic carbocycles. The van der Waals surface area contributed by atoms with E-state index in [0.29, 0.717) is 10.9 Å². The number of nitro groups is 1. The third-order valence-electron chi connectivity index (χ3n) is 2.73. The van der Waals surface area contributed by atoms with E-state index in [-0.39, 0.29) is 11.3 Å². The summed E-state index contributed by atoms with van der Waals surface area (Å²) in [6.45, 7) is 0.792. The molecule has 19 heavy (non-hydrogen) atoms. The van der Waals surface area contributed by atoms with Gasteiger partial charge >= 0.3 is 0 Å². The molecule has 1 N–H and O–H groups in total. The summed E-state index contributed by atoms with van der Waals surface area (Å²) in [4.78, 5) is 10.3. The summed E-state index contributed by atoms with van der Waals surface area (Å²) in [5.41, 5.74) is 0.651. The average Bonchev–Trinajstić information content (AvgIpc) is 2.46. The highest BCUT2D eigenvalue weighted by molar-refractivity contribution is 8.06. The van der Waals surface area contributed by atoms with E-state index in [2.05, 4.69) is 5.32 Å². The molecule has 1 aliphatic heterocycles. The molecule has 0 saturated carbocycles.